The van der Waals surface area contributed by atoms with Gasteiger partial charge in [0.15, 0.2) is 0 Å². The normalized spacial score (nSPS) is 10.8. The zero-order valence-corrected chi connectivity index (χ0v) is 17.4. The van der Waals surface area contributed by atoms with Gasteiger partial charge in [-0.05, 0) is 28.8 Å². The molecule has 0 saturated carbocycles. The minimum absolute atomic E-state index is 0.0648. The van der Waals surface area contributed by atoms with Gasteiger partial charge in [0.2, 0.25) is 0 Å². The van der Waals surface area contributed by atoms with E-state index in [2.05, 4.69) is 4.98 Å². The monoisotopic (exact) mass is 430 g/mol. The molecule has 32 heavy (non-hydrogen) atoms. The number of anilines is 2. The summed E-state index contributed by atoms with van der Waals surface area (Å²) >= 11 is 0. The Hall–Kier alpha value is -4.13. The Morgan fingerprint density at radius 1 is 0.812 bits per heavy atom. The van der Waals surface area contributed by atoms with Gasteiger partial charge in [-0.2, -0.15) is 0 Å². The number of aromatic amines is 1. The van der Waals surface area contributed by atoms with Crippen LogP contribution in [0, 0.1) is 5.82 Å². The second-order valence-corrected chi connectivity index (χ2v) is 7.54. The van der Waals surface area contributed by atoms with Gasteiger partial charge in [-0.3, -0.25) is 14.3 Å². The van der Waals surface area contributed by atoms with Crippen LogP contribution < -0.4 is 21.9 Å². The zero-order chi connectivity index (χ0) is 22.5. The molecule has 1 aromatic heterocycles. The Kier molecular flexibility index (Phi) is 6.17. The SMILES string of the molecule is Nc1c(N(Cc2ccccc2)Cc2cccc(F)c2)c(=O)[nH]c(=O)n1Cc1ccccc1. The van der Waals surface area contributed by atoms with Gasteiger partial charge in [0, 0.05) is 13.1 Å². The summed E-state index contributed by atoms with van der Waals surface area (Å²) in [4.78, 5) is 29.6. The molecule has 162 valence electrons. The van der Waals surface area contributed by atoms with Crippen molar-refractivity contribution in [1.82, 2.24) is 9.55 Å². The standard InChI is InChI=1S/C25H23FN4O2/c26-21-13-7-12-20(14-21)16-29(15-18-8-3-1-4-9-18)22-23(27)30(25(32)28-24(22)31)17-19-10-5-2-6-11-19/h1-14H,15-17,27H2,(H,28,31,32). The molecule has 3 aromatic carbocycles. The maximum absolute atomic E-state index is 13.8. The van der Waals surface area contributed by atoms with Gasteiger partial charge in [-0.25, -0.2) is 9.18 Å². The molecule has 0 unspecified atom stereocenters. The van der Waals surface area contributed by atoms with Crippen LogP contribution in [-0.2, 0) is 19.6 Å². The molecule has 1 heterocycles. The zero-order valence-electron chi connectivity index (χ0n) is 17.4. The summed E-state index contributed by atoms with van der Waals surface area (Å²) < 4.78 is 15.2. The summed E-state index contributed by atoms with van der Waals surface area (Å²) in [6.45, 7) is 0.812. The van der Waals surface area contributed by atoms with E-state index >= 15 is 0 Å². The number of nitrogens with two attached hydrogens (primary N) is 1. The summed E-state index contributed by atoms with van der Waals surface area (Å²) in [6.07, 6.45) is 0. The first kappa shape index (κ1) is 21.1. The average Bonchev–Trinajstić information content (AvgIpc) is 2.78. The van der Waals surface area contributed by atoms with Crippen molar-refractivity contribution in [3.8, 4) is 0 Å². The summed E-state index contributed by atoms with van der Waals surface area (Å²) in [7, 11) is 0. The summed E-state index contributed by atoms with van der Waals surface area (Å²) in [5.41, 5.74) is 7.92. The molecule has 7 heteroatoms. The quantitative estimate of drug-likeness (QED) is 0.470. The van der Waals surface area contributed by atoms with Crippen LogP contribution in [0.5, 0.6) is 0 Å². The van der Waals surface area contributed by atoms with Crippen LogP contribution in [0.25, 0.3) is 0 Å². The van der Waals surface area contributed by atoms with Crippen LogP contribution in [0.1, 0.15) is 16.7 Å². The Labute approximate surface area is 184 Å². The van der Waals surface area contributed by atoms with Crippen LogP contribution in [0.2, 0.25) is 0 Å². The van der Waals surface area contributed by atoms with E-state index in [-0.39, 0.29) is 30.4 Å². The topological polar surface area (TPSA) is 84.1 Å². The lowest BCUT2D eigenvalue weighted by molar-refractivity contribution is 0.624. The molecule has 0 aliphatic heterocycles. The molecule has 3 N–H and O–H groups in total. The van der Waals surface area contributed by atoms with Gasteiger partial charge in [0.1, 0.15) is 17.3 Å². The van der Waals surface area contributed by atoms with E-state index in [9.17, 15) is 14.0 Å². The molecule has 0 bridgehead atoms. The van der Waals surface area contributed by atoms with Crippen LogP contribution in [0.15, 0.2) is 94.5 Å². The number of nitrogens with zero attached hydrogens (tertiary/aromatic N) is 2. The van der Waals surface area contributed by atoms with Crippen molar-refractivity contribution in [2.24, 2.45) is 0 Å². The lowest BCUT2D eigenvalue weighted by Gasteiger charge is -2.26. The Morgan fingerprint density at radius 2 is 1.41 bits per heavy atom. The van der Waals surface area contributed by atoms with Crippen LogP contribution in [-0.4, -0.2) is 9.55 Å². The maximum Gasteiger partial charge on any atom is 0.330 e. The molecule has 0 spiro atoms. The predicted octanol–water partition coefficient (Wildman–Crippen LogP) is 3.51. The van der Waals surface area contributed by atoms with Crippen LogP contribution in [0.3, 0.4) is 0 Å². The fourth-order valence-electron chi connectivity index (χ4n) is 3.68. The van der Waals surface area contributed by atoms with Crippen molar-refractivity contribution in [2.45, 2.75) is 19.6 Å². The first-order valence-electron chi connectivity index (χ1n) is 10.2. The summed E-state index contributed by atoms with van der Waals surface area (Å²) in [5, 5.41) is 0. The molecule has 4 rings (SSSR count). The fourth-order valence-corrected chi connectivity index (χ4v) is 3.68. The number of rotatable bonds is 7. The van der Waals surface area contributed by atoms with Crippen molar-refractivity contribution in [1.29, 1.82) is 0 Å². The number of benzene rings is 3. The van der Waals surface area contributed by atoms with Gasteiger partial charge >= 0.3 is 5.69 Å². The second-order valence-electron chi connectivity index (χ2n) is 7.54. The Balaban J connectivity index is 1.79. The first-order chi connectivity index (χ1) is 15.5. The molecular formula is C25H23FN4O2. The molecule has 6 nitrogen and oxygen atoms in total. The van der Waals surface area contributed by atoms with Crippen LogP contribution >= 0.6 is 0 Å². The van der Waals surface area contributed by atoms with Gasteiger partial charge in [0.25, 0.3) is 5.56 Å². The van der Waals surface area contributed by atoms with E-state index in [1.165, 1.54) is 16.7 Å². The number of halogens is 1. The Morgan fingerprint density at radius 3 is 2.06 bits per heavy atom. The van der Waals surface area contributed by atoms with Crippen molar-refractivity contribution < 1.29 is 4.39 Å². The van der Waals surface area contributed by atoms with E-state index in [0.717, 1.165) is 11.1 Å². The summed E-state index contributed by atoms with van der Waals surface area (Å²) in [5.74, 6) is -0.298. The minimum atomic E-state index is -0.579. The predicted molar refractivity (Wildman–Crippen MR) is 124 cm³/mol. The van der Waals surface area contributed by atoms with Crippen molar-refractivity contribution in [3.63, 3.8) is 0 Å². The molecule has 0 saturated heterocycles. The number of nitrogens with one attached hydrogen (secondary N) is 1. The number of hydrogen-bond acceptors (Lipinski definition) is 4. The smallest absolute Gasteiger partial charge is 0.330 e. The van der Waals surface area contributed by atoms with Crippen molar-refractivity contribution in [2.75, 3.05) is 10.6 Å². The fraction of sp³-hybridized carbons (Fsp3) is 0.120. The number of H-pyrrole nitrogens is 1. The van der Waals surface area contributed by atoms with E-state index in [1.807, 2.05) is 60.7 Å². The van der Waals surface area contributed by atoms with Gasteiger partial charge < -0.3 is 10.6 Å². The molecular weight excluding hydrogens is 407 g/mol. The molecule has 0 fully saturated rings. The van der Waals surface area contributed by atoms with E-state index in [0.29, 0.717) is 12.1 Å². The lowest BCUT2D eigenvalue weighted by Crippen LogP contribution is -2.38. The largest absolute Gasteiger partial charge is 0.383 e. The van der Waals surface area contributed by atoms with Crippen LogP contribution in [0.4, 0.5) is 15.9 Å². The molecule has 0 aliphatic carbocycles. The highest BCUT2D eigenvalue weighted by Gasteiger charge is 2.20. The van der Waals surface area contributed by atoms with Crippen molar-refractivity contribution in [3.05, 3.63) is 128 Å². The molecule has 0 radical (unpaired) electrons. The van der Waals surface area contributed by atoms with Gasteiger partial charge in [-0.15, -0.1) is 0 Å². The maximum atomic E-state index is 13.8. The number of nitrogen functional groups attached to an aromatic ring is 1. The minimum Gasteiger partial charge on any atom is -0.383 e. The van der Waals surface area contributed by atoms with E-state index < -0.39 is 11.2 Å². The molecule has 0 aliphatic rings. The average molecular weight is 430 g/mol. The number of hydrogen-bond donors (Lipinski definition) is 2. The van der Waals surface area contributed by atoms with Crippen molar-refractivity contribution >= 4 is 11.5 Å². The van der Waals surface area contributed by atoms with E-state index in [1.54, 1.807) is 17.0 Å². The number of aromatic nitrogens is 2. The molecule has 4 aromatic rings. The highest BCUT2D eigenvalue weighted by molar-refractivity contribution is 5.63. The highest BCUT2D eigenvalue weighted by Crippen LogP contribution is 2.23. The van der Waals surface area contributed by atoms with Gasteiger partial charge in [0.05, 0.1) is 6.54 Å². The summed E-state index contributed by atoms with van der Waals surface area (Å²) in [6, 6.07) is 25.1. The van der Waals surface area contributed by atoms with Gasteiger partial charge in [-0.1, -0.05) is 72.8 Å². The lowest BCUT2D eigenvalue weighted by atomic mass is 10.1. The Bertz CT molecular complexity index is 1320. The van der Waals surface area contributed by atoms with E-state index in [4.69, 9.17) is 5.73 Å². The molecule has 0 amide bonds. The highest BCUT2D eigenvalue weighted by atomic mass is 19.1. The third-order valence-electron chi connectivity index (χ3n) is 5.19. The first-order valence-corrected chi connectivity index (χ1v) is 10.2. The molecule has 0 atom stereocenters. The second kappa shape index (κ2) is 9.34. The third-order valence-corrected chi connectivity index (χ3v) is 5.19. The third kappa shape index (κ3) is 4.78.